The lowest BCUT2D eigenvalue weighted by atomic mass is 10.1. The highest BCUT2D eigenvalue weighted by atomic mass is 19.4. The second kappa shape index (κ2) is 15.2. The van der Waals surface area contributed by atoms with Crippen molar-refractivity contribution >= 4 is 5.97 Å². The first-order chi connectivity index (χ1) is 17.7. The third-order valence-corrected chi connectivity index (χ3v) is 4.83. The molecule has 0 fully saturated rings. The molecule has 37 heavy (non-hydrogen) atoms. The molecule has 198 valence electrons. The molecule has 0 aromatic heterocycles. The fraction of sp³-hybridized carbons (Fsp3) is 0.333. The lowest BCUT2D eigenvalue weighted by Crippen LogP contribution is -2.29. The lowest BCUT2D eigenvalue weighted by Gasteiger charge is -2.15. The number of ether oxygens (including phenoxy) is 3. The first kappa shape index (κ1) is 29.3. The molecule has 0 aliphatic heterocycles. The summed E-state index contributed by atoms with van der Waals surface area (Å²) in [7, 11) is 0. The molecule has 10 heteroatoms. The van der Waals surface area contributed by atoms with E-state index in [9.17, 15) is 23.2 Å². The van der Waals surface area contributed by atoms with Crippen molar-refractivity contribution in [2.75, 3.05) is 32.9 Å². The number of hydrogen-bond donors (Lipinski definition) is 2. The van der Waals surface area contributed by atoms with E-state index in [0.717, 1.165) is 0 Å². The maximum Gasteiger partial charge on any atom is 0.422 e. The summed E-state index contributed by atoms with van der Waals surface area (Å²) in [6, 6.07) is 16.7. The third-order valence-electron chi connectivity index (χ3n) is 4.83. The zero-order chi connectivity index (χ0) is 27.1. The number of halogens is 3. The summed E-state index contributed by atoms with van der Waals surface area (Å²) >= 11 is 0. The Morgan fingerprint density at radius 2 is 1.70 bits per heavy atom. The van der Waals surface area contributed by atoms with Gasteiger partial charge in [0.1, 0.15) is 12.7 Å². The number of nitrogens with one attached hydrogen (secondary N) is 2. The Morgan fingerprint density at radius 3 is 2.35 bits per heavy atom. The lowest BCUT2D eigenvalue weighted by molar-refractivity contribution is -0.153. The molecule has 0 saturated carbocycles. The highest BCUT2D eigenvalue weighted by Crippen LogP contribution is 2.28. The van der Waals surface area contributed by atoms with E-state index in [1.54, 1.807) is 42.5 Å². The van der Waals surface area contributed by atoms with E-state index >= 15 is 0 Å². The minimum absolute atomic E-state index is 0.0109. The Morgan fingerprint density at radius 1 is 1.05 bits per heavy atom. The molecule has 1 unspecified atom stereocenters. The predicted molar refractivity (Wildman–Crippen MR) is 133 cm³/mol. The fourth-order valence-electron chi connectivity index (χ4n) is 3.04. The summed E-state index contributed by atoms with van der Waals surface area (Å²) in [6.45, 7) is 5.56. The third kappa shape index (κ3) is 11.5. The van der Waals surface area contributed by atoms with E-state index in [1.165, 1.54) is 12.1 Å². The van der Waals surface area contributed by atoms with Crippen molar-refractivity contribution in [1.82, 2.24) is 10.6 Å². The Hall–Kier alpha value is -3.97. The van der Waals surface area contributed by atoms with E-state index in [4.69, 9.17) is 14.2 Å². The van der Waals surface area contributed by atoms with Crippen LogP contribution in [0, 0.1) is 11.3 Å². The number of alkyl halides is 3. The highest BCUT2D eigenvalue weighted by molar-refractivity contribution is 5.89. The van der Waals surface area contributed by atoms with Gasteiger partial charge in [-0.25, -0.2) is 4.79 Å². The number of nitrogens with zero attached hydrogens (tertiary/aromatic N) is 1. The van der Waals surface area contributed by atoms with Gasteiger partial charge < -0.3 is 24.8 Å². The molecule has 0 aliphatic carbocycles. The Kier molecular flexibility index (Phi) is 12.0. The molecule has 0 radical (unpaired) electrons. The van der Waals surface area contributed by atoms with Crippen LogP contribution in [0.2, 0.25) is 0 Å². The smallest absolute Gasteiger partial charge is 0.422 e. The molecule has 0 aliphatic rings. The first-order valence-electron chi connectivity index (χ1n) is 11.6. The number of benzene rings is 2. The van der Waals surface area contributed by atoms with Crippen molar-refractivity contribution in [2.24, 2.45) is 0 Å². The van der Waals surface area contributed by atoms with Gasteiger partial charge in [0.25, 0.3) is 0 Å². The molecule has 2 aromatic carbocycles. The predicted octanol–water partition coefficient (Wildman–Crippen LogP) is 4.78. The van der Waals surface area contributed by atoms with Crippen LogP contribution in [-0.2, 0) is 4.74 Å². The van der Waals surface area contributed by atoms with Gasteiger partial charge in [-0.15, -0.1) is 0 Å². The standard InChI is InChI=1S/C27H30F3N3O4/c1-20(32-14-16-35-24-11-6-7-12-25(24)37-19-27(28,29)30)17-23(18-31)21(2)33-13-8-15-36-26(34)22-9-4-3-5-10-22/h3-7,9-12,17,20,32-33H,2,8,13-16,19H2,1H3. The van der Waals surface area contributed by atoms with Crippen molar-refractivity contribution < 1.29 is 32.2 Å². The number of carbonyl (C=O) groups excluding carboxylic acids is 1. The zero-order valence-corrected chi connectivity index (χ0v) is 20.5. The molecular weight excluding hydrogens is 487 g/mol. The Bertz CT molecular complexity index is 1080. The average molecular weight is 518 g/mol. The molecule has 0 heterocycles. The molecule has 2 aromatic rings. The topological polar surface area (TPSA) is 92.6 Å². The van der Waals surface area contributed by atoms with Crippen molar-refractivity contribution in [3.63, 3.8) is 0 Å². The number of esters is 1. The summed E-state index contributed by atoms with van der Waals surface area (Å²) in [6.07, 6.45) is -2.20. The van der Waals surface area contributed by atoms with E-state index in [0.29, 0.717) is 36.3 Å². The molecular formula is C27H30F3N3O4. The molecule has 0 saturated heterocycles. The van der Waals surface area contributed by atoms with Gasteiger partial charge in [-0.2, -0.15) is 18.4 Å². The van der Waals surface area contributed by atoms with Gasteiger partial charge in [-0.3, -0.25) is 0 Å². The van der Waals surface area contributed by atoms with Gasteiger partial charge in [0.05, 0.1) is 17.7 Å². The van der Waals surface area contributed by atoms with E-state index in [-0.39, 0.29) is 30.8 Å². The number of allylic oxidation sites excluding steroid dienone is 1. The number of hydrogen-bond acceptors (Lipinski definition) is 7. The van der Waals surface area contributed by atoms with Crippen LogP contribution < -0.4 is 20.1 Å². The minimum atomic E-state index is -4.44. The van der Waals surface area contributed by atoms with Crippen LogP contribution in [0.5, 0.6) is 11.5 Å². The molecule has 2 N–H and O–H groups in total. The number of para-hydroxylation sites is 2. The maximum atomic E-state index is 12.4. The Labute approximate surface area is 214 Å². The number of nitriles is 1. The Balaban J connectivity index is 1.69. The summed E-state index contributed by atoms with van der Waals surface area (Å²) in [4.78, 5) is 11.9. The summed E-state index contributed by atoms with van der Waals surface area (Å²) in [5.41, 5.74) is 1.28. The molecule has 0 bridgehead atoms. The molecule has 1 atom stereocenters. The van der Waals surface area contributed by atoms with Gasteiger partial charge in [-0.1, -0.05) is 36.9 Å². The van der Waals surface area contributed by atoms with Crippen LogP contribution in [0.4, 0.5) is 13.2 Å². The summed E-state index contributed by atoms with van der Waals surface area (Å²) < 4.78 is 52.8. The number of carbonyl (C=O) groups is 1. The molecule has 2 rings (SSSR count). The van der Waals surface area contributed by atoms with Gasteiger partial charge in [-0.05, 0) is 43.7 Å². The first-order valence-corrected chi connectivity index (χ1v) is 11.6. The maximum absolute atomic E-state index is 12.4. The SMILES string of the molecule is C=C(NCCCOC(=O)c1ccccc1)C(C#N)=CC(C)NCCOc1ccccc1OCC(F)(F)F. The second-order valence-electron chi connectivity index (χ2n) is 7.89. The molecule has 0 amide bonds. The van der Waals surface area contributed by atoms with Crippen LogP contribution in [0.3, 0.4) is 0 Å². The fourth-order valence-corrected chi connectivity index (χ4v) is 3.04. The van der Waals surface area contributed by atoms with E-state index < -0.39 is 18.8 Å². The monoisotopic (exact) mass is 517 g/mol. The minimum Gasteiger partial charge on any atom is -0.488 e. The van der Waals surface area contributed by atoms with Crippen LogP contribution in [0.1, 0.15) is 23.7 Å². The average Bonchev–Trinajstić information content (AvgIpc) is 2.88. The van der Waals surface area contributed by atoms with Gasteiger partial charge in [0.2, 0.25) is 0 Å². The largest absolute Gasteiger partial charge is 0.488 e. The van der Waals surface area contributed by atoms with Crippen LogP contribution >= 0.6 is 0 Å². The van der Waals surface area contributed by atoms with Crippen molar-refractivity contribution in [2.45, 2.75) is 25.6 Å². The van der Waals surface area contributed by atoms with Gasteiger partial charge in [0, 0.05) is 24.8 Å². The quantitative estimate of drug-likeness (QED) is 0.152. The van der Waals surface area contributed by atoms with Crippen molar-refractivity contribution in [1.29, 1.82) is 5.26 Å². The van der Waals surface area contributed by atoms with Crippen LogP contribution in [0.25, 0.3) is 0 Å². The van der Waals surface area contributed by atoms with Crippen molar-refractivity contribution in [3.05, 3.63) is 84.1 Å². The summed E-state index contributed by atoms with van der Waals surface area (Å²) in [5.74, 6) is -0.170. The second-order valence-corrected chi connectivity index (χ2v) is 7.89. The molecule has 0 spiro atoms. The molecule has 7 nitrogen and oxygen atoms in total. The zero-order valence-electron chi connectivity index (χ0n) is 20.5. The highest BCUT2D eigenvalue weighted by Gasteiger charge is 2.28. The van der Waals surface area contributed by atoms with Crippen molar-refractivity contribution in [3.8, 4) is 17.6 Å². The van der Waals surface area contributed by atoms with E-state index in [2.05, 4.69) is 23.3 Å². The van der Waals surface area contributed by atoms with Gasteiger partial charge in [0.15, 0.2) is 18.1 Å². The number of rotatable bonds is 15. The van der Waals surface area contributed by atoms with Gasteiger partial charge >= 0.3 is 12.1 Å². The van der Waals surface area contributed by atoms with E-state index in [1.807, 2.05) is 13.0 Å². The van der Waals surface area contributed by atoms with Crippen LogP contribution in [-0.4, -0.2) is 51.1 Å². The van der Waals surface area contributed by atoms with Crippen LogP contribution in [0.15, 0.2) is 78.5 Å². The summed E-state index contributed by atoms with van der Waals surface area (Å²) in [5, 5.41) is 15.7. The normalized spacial score (nSPS) is 12.2.